The highest BCUT2D eigenvalue weighted by atomic mass is 35.5. The van der Waals surface area contributed by atoms with Gasteiger partial charge in [-0.3, -0.25) is 0 Å². The highest BCUT2D eigenvalue weighted by Crippen LogP contribution is 2.27. The van der Waals surface area contributed by atoms with Crippen molar-refractivity contribution in [3.63, 3.8) is 0 Å². The van der Waals surface area contributed by atoms with E-state index in [4.69, 9.17) is 17.1 Å². The molecule has 0 saturated carbocycles. The van der Waals surface area contributed by atoms with E-state index in [9.17, 15) is 14.3 Å². The molecule has 0 aromatic heterocycles. The lowest BCUT2D eigenvalue weighted by molar-refractivity contribution is -0.165. The largest absolute Gasteiger partial charge is 0.594 e. The third-order valence-electron chi connectivity index (χ3n) is 1.45. The first-order valence-corrected chi connectivity index (χ1v) is 5.72. The fourth-order valence-electron chi connectivity index (χ4n) is 0.659. The molecule has 0 aromatic rings. The van der Waals surface area contributed by atoms with Crippen LogP contribution in [0.5, 0.6) is 0 Å². The van der Waals surface area contributed by atoms with Crippen LogP contribution in [0.15, 0.2) is 17.3 Å². The van der Waals surface area contributed by atoms with Crippen molar-refractivity contribution in [1.29, 1.82) is 0 Å². The Kier molecular flexibility index (Phi) is 6.69. The van der Waals surface area contributed by atoms with E-state index in [2.05, 4.69) is 21.3 Å². The molecule has 0 amide bonds. The SMILES string of the molecule is C=C(C)C(=O)OCC(N=[N+]=[N-])C(Cl)[P+](=O)[O-]. The fourth-order valence-corrected chi connectivity index (χ4v) is 1.21. The lowest BCUT2D eigenvalue weighted by Gasteiger charge is -2.11. The zero-order valence-corrected chi connectivity index (χ0v) is 10.0. The molecule has 0 heterocycles. The Morgan fingerprint density at radius 1 is 1.81 bits per heavy atom. The van der Waals surface area contributed by atoms with E-state index in [0.29, 0.717) is 0 Å². The molecule has 0 aliphatic rings. The van der Waals surface area contributed by atoms with Gasteiger partial charge in [-0.2, -0.15) is 0 Å². The number of rotatable bonds is 6. The summed E-state index contributed by atoms with van der Waals surface area (Å²) in [6, 6.07) is -1.16. The van der Waals surface area contributed by atoms with Crippen LogP contribution in [0.3, 0.4) is 0 Å². The predicted molar refractivity (Wildman–Crippen MR) is 56.0 cm³/mol. The van der Waals surface area contributed by atoms with Crippen molar-refractivity contribution < 1.29 is 19.0 Å². The highest BCUT2D eigenvalue weighted by molar-refractivity contribution is 7.40. The van der Waals surface area contributed by atoms with Gasteiger partial charge in [-0.1, -0.05) is 27.9 Å². The van der Waals surface area contributed by atoms with Crippen molar-refractivity contribution in [1.82, 2.24) is 0 Å². The summed E-state index contributed by atoms with van der Waals surface area (Å²) in [6.45, 7) is 4.35. The van der Waals surface area contributed by atoms with Gasteiger partial charge in [-0.05, 0) is 12.5 Å². The molecular weight excluding hydrogens is 257 g/mol. The van der Waals surface area contributed by atoms with Crippen LogP contribution in [0.1, 0.15) is 6.92 Å². The summed E-state index contributed by atoms with van der Waals surface area (Å²) in [5.41, 5.74) is 8.34. The molecule has 7 nitrogen and oxygen atoms in total. The van der Waals surface area contributed by atoms with Crippen LogP contribution < -0.4 is 4.89 Å². The van der Waals surface area contributed by atoms with Crippen molar-refractivity contribution in [2.75, 3.05) is 6.61 Å². The molecule has 0 fully saturated rings. The fraction of sp³-hybridized carbons (Fsp3) is 0.571. The molecule has 0 saturated heterocycles. The molecule has 0 aromatic carbocycles. The van der Waals surface area contributed by atoms with E-state index in [1.54, 1.807) is 0 Å². The maximum Gasteiger partial charge on any atom is 0.333 e. The van der Waals surface area contributed by atoms with Gasteiger partial charge in [0.15, 0.2) is 0 Å². The molecule has 0 N–H and O–H groups in total. The maximum absolute atomic E-state index is 11.0. The lowest BCUT2D eigenvalue weighted by Crippen LogP contribution is -2.25. The van der Waals surface area contributed by atoms with Gasteiger partial charge in [0, 0.05) is 10.5 Å². The number of carbonyl (C=O) groups is 1. The van der Waals surface area contributed by atoms with Gasteiger partial charge < -0.3 is 9.63 Å². The number of esters is 1. The normalized spacial score (nSPS) is 14.3. The summed E-state index contributed by atoms with van der Waals surface area (Å²) >= 11 is 5.45. The Hall–Kier alpha value is -1.13. The van der Waals surface area contributed by atoms with E-state index in [-0.39, 0.29) is 5.57 Å². The van der Waals surface area contributed by atoms with E-state index >= 15 is 0 Å². The van der Waals surface area contributed by atoms with Crippen molar-refractivity contribution in [3.05, 3.63) is 22.6 Å². The minimum Gasteiger partial charge on any atom is -0.594 e. The Bertz CT molecular complexity index is 356. The van der Waals surface area contributed by atoms with Crippen molar-refractivity contribution in [2.45, 2.75) is 18.1 Å². The second kappa shape index (κ2) is 7.19. The number of nitrogens with zero attached hydrogens (tertiary/aromatic N) is 3. The Balaban J connectivity index is 4.47. The molecule has 9 heteroatoms. The average molecular weight is 266 g/mol. The van der Waals surface area contributed by atoms with Crippen LogP contribution in [0.4, 0.5) is 0 Å². The number of halogens is 1. The third kappa shape index (κ3) is 5.09. The second-order valence-electron chi connectivity index (χ2n) is 2.81. The van der Waals surface area contributed by atoms with Crippen LogP contribution >= 0.6 is 19.6 Å². The van der Waals surface area contributed by atoms with Crippen molar-refractivity contribution >= 4 is 25.6 Å². The summed E-state index contributed by atoms with van der Waals surface area (Å²) in [5, 5.41) is 1.72. The zero-order valence-electron chi connectivity index (χ0n) is 8.37. The van der Waals surface area contributed by atoms with E-state index in [0.717, 1.165) is 0 Å². The lowest BCUT2D eigenvalue weighted by atomic mass is 10.3. The Labute approximate surface area is 97.5 Å². The molecule has 0 rings (SSSR count). The maximum atomic E-state index is 11.0. The summed E-state index contributed by atoms with van der Waals surface area (Å²) in [7, 11) is -2.97. The molecule has 0 bridgehead atoms. The summed E-state index contributed by atoms with van der Waals surface area (Å²) < 4.78 is 15.2. The summed E-state index contributed by atoms with van der Waals surface area (Å²) in [6.07, 6.45) is 0. The molecular formula is C7H9ClN3O4P. The van der Waals surface area contributed by atoms with Gasteiger partial charge in [0.05, 0.1) is 0 Å². The van der Waals surface area contributed by atoms with Crippen molar-refractivity contribution in [3.8, 4) is 0 Å². The smallest absolute Gasteiger partial charge is 0.333 e. The van der Waals surface area contributed by atoms with Gasteiger partial charge in [0.25, 0.3) is 0 Å². The third-order valence-corrected chi connectivity index (χ3v) is 2.97. The minimum absolute atomic E-state index is 0.150. The predicted octanol–water partition coefficient (Wildman–Crippen LogP) is 1.45. The molecule has 0 radical (unpaired) electrons. The van der Waals surface area contributed by atoms with Gasteiger partial charge >= 0.3 is 14.0 Å². The molecule has 0 spiro atoms. The van der Waals surface area contributed by atoms with Gasteiger partial charge in [-0.25, -0.2) is 4.79 Å². The second-order valence-corrected chi connectivity index (χ2v) is 4.71. The van der Waals surface area contributed by atoms with Crippen LogP contribution in [0, 0.1) is 0 Å². The topological polar surface area (TPSA) is 115 Å². The van der Waals surface area contributed by atoms with E-state index in [1.165, 1.54) is 6.92 Å². The zero-order chi connectivity index (χ0) is 12.7. The molecule has 0 aliphatic heterocycles. The quantitative estimate of drug-likeness (QED) is 0.137. The molecule has 88 valence electrons. The monoisotopic (exact) mass is 265 g/mol. The molecule has 3 atom stereocenters. The standard InChI is InChI=1S/C7H9ClN3O4P/c1-4(2)7(12)15-3-5(10-11-9)6(8)16(13)14/h5-6H,1,3H2,2H3. The number of alkyl halides is 1. The van der Waals surface area contributed by atoms with Crippen LogP contribution in [0.25, 0.3) is 10.4 Å². The molecule has 3 unspecified atom stereocenters. The molecule has 0 aliphatic carbocycles. The summed E-state index contributed by atoms with van der Waals surface area (Å²) in [5.74, 6) is -0.705. The van der Waals surface area contributed by atoms with Crippen LogP contribution in [-0.4, -0.2) is 23.7 Å². The summed E-state index contributed by atoms with van der Waals surface area (Å²) in [4.78, 5) is 24.0. The Morgan fingerprint density at radius 3 is 2.75 bits per heavy atom. The first-order valence-electron chi connectivity index (χ1n) is 4.04. The number of hydrogen-bond acceptors (Lipinski definition) is 5. The molecule has 16 heavy (non-hydrogen) atoms. The minimum atomic E-state index is -2.97. The first kappa shape index (κ1) is 14.9. The Morgan fingerprint density at radius 2 is 2.38 bits per heavy atom. The highest BCUT2D eigenvalue weighted by Gasteiger charge is 2.30. The van der Waals surface area contributed by atoms with Crippen molar-refractivity contribution in [2.24, 2.45) is 5.11 Å². The number of ether oxygens (including phenoxy) is 1. The number of hydrogen-bond donors (Lipinski definition) is 0. The first-order chi connectivity index (χ1) is 7.40. The van der Waals surface area contributed by atoms with E-state index < -0.39 is 31.8 Å². The average Bonchev–Trinajstić information content (AvgIpc) is 2.22. The van der Waals surface area contributed by atoms with Gasteiger partial charge in [0.2, 0.25) is 5.12 Å². The van der Waals surface area contributed by atoms with Gasteiger partial charge in [0.1, 0.15) is 12.6 Å². The van der Waals surface area contributed by atoms with Crippen LogP contribution in [0.2, 0.25) is 0 Å². The number of carbonyl (C=O) groups excluding carboxylic acids is 1. The number of azide groups is 1. The van der Waals surface area contributed by atoms with Crippen LogP contribution in [-0.2, 0) is 14.1 Å². The van der Waals surface area contributed by atoms with E-state index in [1.807, 2.05) is 0 Å². The van der Waals surface area contributed by atoms with Gasteiger partial charge in [-0.15, -0.1) is 0 Å².